The molecule has 29 heavy (non-hydrogen) atoms. The second-order valence-electron chi connectivity index (χ2n) is 7.44. The average Bonchev–Trinajstić information content (AvgIpc) is 2.73. The minimum Gasteiger partial charge on any atom is -0.231 e. The lowest BCUT2D eigenvalue weighted by Gasteiger charge is -2.35. The van der Waals surface area contributed by atoms with Crippen LogP contribution in [0.5, 0.6) is 0 Å². The predicted octanol–water partition coefficient (Wildman–Crippen LogP) is 6.79. The monoisotopic (exact) mass is 438 g/mol. The van der Waals surface area contributed by atoms with Gasteiger partial charge in [-0.05, 0) is 44.3 Å². The van der Waals surface area contributed by atoms with Crippen LogP contribution in [0.15, 0.2) is 0 Å². The largest absolute Gasteiger partial charge is 0.368 e. The van der Waals surface area contributed by atoms with Gasteiger partial charge in [0.1, 0.15) is 0 Å². The van der Waals surface area contributed by atoms with Crippen molar-refractivity contribution in [3.8, 4) is 0 Å². The maximum atomic E-state index is 5.70. The summed E-state index contributed by atoms with van der Waals surface area (Å²) in [4.78, 5) is 33.3. The van der Waals surface area contributed by atoms with Gasteiger partial charge in [-0.3, -0.25) is 0 Å². The molecule has 0 aliphatic carbocycles. The Balaban J connectivity index is 5.18. The summed E-state index contributed by atoms with van der Waals surface area (Å²) in [5, 5.41) is 0. The molecule has 1 unspecified atom stereocenters. The van der Waals surface area contributed by atoms with E-state index < -0.39 is 5.97 Å². The number of hydrogen-bond donors (Lipinski definition) is 1. The van der Waals surface area contributed by atoms with Crippen molar-refractivity contribution in [2.75, 3.05) is 25.6 Å². The van der Waals surface area contributed by atoms with Crippen LogP contribution in [0, 0.1) is 5.92 Å². The minimum absolute atomic E-state index is 0.0913. The first-order valence-corrected chi connectivity index (χ1v) is 12.4. The molecule has 0 saturated carbocycles. The van der Waals surface area contributed by atoms with Gasteiger partial charge in [0, 0.05) is 5.92 Å². The van der Waals surface area contributed by atoms with Crippen LogP contribution in [-0.4, -0.2) is 31.5 Å². The van der Waals surface area contributed by atoms with Gasteiger partial charge in [-0.25, -0.2) is 14.7 Å². The summed E-state index contributed by atoms with van der Waals surface area (Å²) in [5.41, 5.74) is 0. The van der Waals surface area contributed by atoms with Gasteiger partial charge < -0.3 is 0 Å². The van der Waals surface area contributed by atoms with Crippen molar-refractivity contribution in [1.82, 2.24) is 0 Å². The van der Waals surface area contributed by atoms with E-state index in [1.807, 2.05) is 20.8 Å². The Kier molecular flexibility index (Phi) is 21.4. The van der Waals surface area contributed by atoms with Crippen molar-refractivity contribution in [1.29, 1.82) is 0 Å². The Hall–Kier alpha value is 0.110. The number of hydrogen-bond acceptors (Lipinski definition) is 7. The van der Waals surface area contributed by atoms with Gasteiger partial charge in [0.2, 0.25) is 0 Å². The fourth-order valence-electron chi connectivity index (χ4n) is 2.87. The van der Waals surface area contributed by atoms with Crippen LogP contribution in [0.4, 0.5) is 0 Å². The molecule has 0 aliphatic rings. The van der Waals surface area contributed by atoms with Gasteiger partial charge in [-0.15, -0.1) is 0 Å². The van der Waals surface area contributed by atoms with E-state index in [9.17, 15) is 0 Å². The van der Waals surface area contributed by atoms with Gasteiger partial charge in [0.05, 0.1) is 19.8 Å². The first-order chi connectivity index (χ1) is 14.2. The average molecular weight is 439 g/mol. The SMILES string of the molecule is CCCCCCCCC(CCCS)C(OOCCC)(OOCCC)OOCCC. The van der Waals surface area contributed by atoms with E-state index in [4.69, 9.17) is 29.3 Å². The molecule has 0 N–H and O–H groups in total. The lowest BCUT2D eigenvalue weighted by molar-refractivity contribution is -0.644. The molecule has 0 rings (SSSR count). The third kappa shape index (κ3) is 14.7. The van der Waals surface area contributed by atoms with Crippen molar-refractivity contribution in [2.24, 2.45) is 5.92 Å². The highest BCUT2D eigenvalue weighted by Gasteiger charge is 2.47. The summed E-state index contributed by atoms with van der Waals surface area (Å²) < 4.78 is 0. The molecule has 0 bridgehead atoms. The van der Waals surface area contributed by atoms with E-state index in [-0.39, 0.29) is 5.92 Å². The van der Waals surface area contributed by atoms with E-state index in [2.05, 4.69) is 19.6 Å². The summed E-state index contributed by atoms with van der Waals surface area (Å²) in [6.45, 7) is 9.59. The molecular weight excluding hydrogens is 392 g/mol. The summed E-state index contributed by atoms with van der Waals surface area (Å²) in [5.74, 6) is -0.845. The highest BCUT2D eigenvalue weighted by atomic mass is 32.1. The van der Waals surface area contributed by atoms with Crippen molar-refractivity contribution >= 4 is 12.6 Å². The molecular formula is C22H46O6S. The highest BCUT2D eigenvalue weighted by molar-refractivity contribution is 7.80. The zero-order chi connectivity index (χ0) is 21.6. The molecule has 7 heteroatoms. The molecule has 0 radical (unpaired) electrons. The standard InChI is InChI=1S/C22H46O6S/c1-5-9-10-11-12-13-15-21(16-14-20-29)22(26-23-17-6-2,27-24-18-7-3)28-25-19-8-4/h21,29H,5-20H2,1-4H3. The van der Waals surface area contributed by atoms with Crippen LogP contribution >= 0.6 is 12.6 Å². The molecule has 0 heterocycles. The molecule has 176 valence electrons. The maximum absolute atomic E-state index is 5.70. The van der Waals surface area contributed by atoms with E-state index in [1.165, 1.54) is 32.1 Å². The van der Waals surface area contributed by atoms with Gasteiger partial charge >= 0.3 is 5.97 Å². The van der Waals surface area contributed by atoms with Crippen LogP contribution in [-0.2, 0) is 29.3 Å². The van der Waals surface area contributed by atoms with Crippen molar-refractivity contribution < 1.29 is 29.3 Å². The minimum atomic E-state index is -1.54. The Morgan fingerprint density at radius 1 is 0.586 bits per heavy atom. The van der Waals surface area contributed by atoms with Gasteiger partial charge in [-0.1, -0.05) is 66.2 Å². The first-order valence-electron chi connectivity index (χ1n) is 11.7. The van der Waals surface area contributed by atoms with Crippen molar-refractivity contribution in [3.05, 3.63) is 0 Å². The molecule has 0 spiro atoms. The molecule has 0 aromatic heterocycles. The lowest BCUT2D eigenvalue weighted by Crippen LogP contribution is -2.47. The van der Waals surface area contributed by atoms with Gasteiger partial charge in [0.15, 0.2) is 0 Å². The molecule has 1 atom stereocenters. The maximum Gasteiger partial charge on any atom is 0.368 e. The van der Waals surface area contributed by atoms with E-state index in [0.717, 1.165) is 50.7 Å². The fourth-order valence-corrected chi connectivity index (χ4v) is 3.06. The molecule has 0 fully saturated rings. The summed E-state index contributed by atoms with van der Waals surface area (Å²) in [7, 11) is 0. The van der Waals surface area contributed by atoms with Gasteiger partial charge in [-0.2, -0.15) is 27.3 Å². The quantitative estimate of drug-likeness (QED) is 0.0623. The first kappa shape index (κ1) is 29.1. The molecule has 0 aromatic carbocycles. The van der Waals surface area contributed by atoms with Gasteiger partial charge in [0.25, 0.3) is 0 Å². The topological polar surface area (TPSA) is 55.4 Å². The van der Waals surface area contributed by atoms with Crippen LogP contribution in [0.1, 0.15) is 105 Å². The third-order valence-electron chi connectivity index (χ3n) is 4.50. The number of thiol groups is 1. The molecule has 6 nitrogen and oxygen atoms in total. The molecule has 0 aliphatic heterocycles. The molecule has 0 amide bonds. The zero-order valence-electron chi connectivity index (χ0n) is 19.3. The summed E-state index contributed by atoms with van der Waals surface area (Å²) >= 11 is 4.38. The fraction of sp³-hybridized carbons (Fsp3) is 1.00. The second-order valence-corrected chi connectivity index (χ2v) is 7.89. The second kappa shape index (κ2) is 21.3. The Labute approximate surface area is 184 Å². The van der Waals surface area contributed by atoms with Crippen LogP contribution in [0.25, 0.3) is 0 Å². The number of unbranched alkanes of at least 4 members (excludes halogenated alkanes) is 5. The van der Waals surface area contributed by atoms with Crippen molar-refractivity contribution in [3.63, 3.8) is 0 Å². The summed E-state index contributed by atoms with van der Waals surface area (Å²) in [6, 6.07) is 0. The zero-order valence-corrected chi connectivity index (χ0v) is 20.2. The molecule has 0 aromatic rings. The third-order valence-corrected chi connectivity index (χ3v) is 4.82. The van der Waals surface area contributed by atoms with E-state index in [0.29, 0.717) is 19.8 Å². The van der Waals surface area contributed by atoms with E-state index >= 15 is 0 Å². The summed E-state index contributed by atoms with van der Waals surface area (Å²) in [6.07, 6.45) is 12.4. The van der Waals surface area contributed by atoms with Crippen molar-refractivity contribution in [2.45, 2.75) is 111 Å². The van der Waals surface area contributed by atoms with Crippen LogP contribution < -0.4 is 0 Å². The highest BCUT2D eigenvalue weighted by Crippen LogP contribution is 2.35. The van der Waals surface area contributed by atoms with Crippen LogP contribution in [0.3, 0.4) is 0 Å². The van der Waals surface area contributed by atoms with Crippen LogP contribution in [0.2, 0.25) is 0 Å². The predicted molar refractivity (Wildman–Crippen MR) is 119 cm³/mol. The Morgan fingerprint density at radius 3 is 1.48 bits per heavy atom. The normalized spacial score (nSPS) is 13.1. The van der Waals surface area contributed by atoms with E-state index in [1.54, 1.807) is 0 Å². The molecule has 0 saturated heterocycles. The Morgan fingerprint density at radius 2 is 1.03 bits per heavy atom. The smallest absolute Gasteiger partial charge is 0.231 e. The number of rotatable bonds is 23. The Bertz CT molecular complexity index is 306. The lowest BCUT2D eigenvalue weighted by atomic mass is 9.93.